The van der Waals surface area contributed by atoms with Gasteiger partial charge >= 0.3 is 0 Å². The molecule has 1 N–H and O–H groups in total. The van der Waals surface area contributed by atoms with Gasteiger partial charge in [-0.3, -0.25) is 14.9 Å². The van der Waals surface area contributed by atoms with Crippen molar-refractivity contribution in [2.24, 2.45) is 0 Å². The van der Waals surface area contributed by atoms with Gasteiger partial charge in [0.05, 0.1) is 22.6 Å². The van der Waals surface area contributed by atoms with E-state index >= 15 is 0 Å². The minimum Gasteiger partial charge on any atom is -0.494 e. The van der Waals surface area contributed by atoms with Crippen LogP contribution < -0.4 is 10.1 Å². The van der Waals surface area contributed by atoms with Crippen molar-refractivity contribution in [2.45, 2.75) is 52.0 Å². The molecule has 1 heterocycles. The maximum Gasteiger partial charge on any atom is 0.269 e. The summed E-state index contributed by atoms with van der Waals surface area (Å²) < 4.78 is 18.6. The smallest absolute Gasteiger partial charge is 0.269 e. The number of nitrogens with zero attached hydrogens (tertiary/aromatic N) is 3. The first-order chi connectivity index (χ1) is 18.5. The Morgan fingerprint density at radius 2 is 1.84 bits per heavy atom. The van der Waals surface area contributed by atoms with Gasteiger partial charge < -0.3 is 24.1 Å². The molecule has 2 aromatic carbocycles. The van der Waals surface area contributed by atoms with E-state index in [0.29, 0.717) is 45.9 Å². The highest BCUT2D eigenvalue weighted by Crippen LogP contribution is 2.29. The third-order valence-corrected chi connectivity index (χ3v) is 6.09. The predicted octanol–water partition coefficient (Wildman–Crippen LogP) is 5.13. The van der Waals surface area contributed by atoms with Crippen LogP contribution in [0.15, 0.2) is 42.5 Å². The Balaban J connectivity index is 1.55. The van der Waals surface area contributed by atoms with Gasteiger partial charge in [-0.2, -0.15) is 0 Å². The van der Waals surface area contributed by atoms with Gasteiger partial charge in [0.25, 0.3) is 5.69 Å². The zero-order chi connectivity index (χ0) is 27.2. The largest absolute Gasteiger partial charge is 0.494 e. The number of unbranched alkanes of at least 4 members (excludes halogenated alkanes) is 2. The average Bonchev–Trinajstić information content (AvgIpc) is 3.28. The van der Waals surface area contributed by atoms with E-state index < -0.39 is 4.92 Å². The highest BCUT2D eigenvalue weighted by atomic mass is 16.6. The molecule has 0 aliphatic heterocycles. The summed E-state index contributed by atoms with van der Waals surface area (Å²) in [5.41, 5.74) is 2.62. The number of methoxy groups -OCH3 is 1. The van der Waals surface area contributed by atoms with Gasteiger partial charge in [-0.1, -0.05) is 0 Å². The first-order valence-electron chi connectivity index (χ1n) is 13.2. The van der Waals surface area contributed by atoms with Crippen molar-refractivity contribution < 1.29 is 23.9 Å². The van der Waals surface area contributed by atoms with Gasteiger partial charge in [0.1, 0.15) is 11.6 Å². The molecule has 3 aromatic rings. The molecule has 3 rings (SSSR count). The highest BCUT2D eigenvalue weighted by Gasteiger charge is 2.15. The number of imidazole rings is 1. The summed E-state index contributed by atoms with van der Waals surface area (Å²) >= 11 is 0. The second kappa shape index (κ2) is 15.7. The first-order valence-corrected chi connectivity index (χ1v) is 13.2. The molecule has 0 bridgehead atoms. The van der Waals surface area contributed by atoms with Crippen LogP contribution >= 0.6 is 0 Å². The highest BCUT2D eigenvalue weighted by molar-refractivity contribution is 5.82. The normalized spacial score (nSPS) is 11.1. The number of benzene rings is 2. The number of aryl methyl sites for hydroxylation is 1. The lowest BCUT2D eigenvalue weighted by Gasteiger charge is -2.10. The molecular weight excluding hydrogens is 488 g/mol. The Hall–Kier alpha value is -3.50. The lowest BCUT2D eigenvalue weighted by atomic mass is 10.2. The minimum absolute atomic E-state index is 0.0459. The van der Waals surface area contributed by atoms with Gasteiger partial charge in [0, 0.05) is 70.2 Å². The van der Waals surface area contributed by atoms with Crippen LogP contribution in [-0.4, -0.2) is 60.5 Å². The van der Waals surface area contributed by atoms with Crippen LogP contribution in [0.3, 0.4) is 0 Å². The number of nitro benzene ring substituents is 1. The maximum absolute atomic E-state index is 11.9. The molecule has 0 spiro atoms. The molecule has 0 atom stereocenters. The second-order valence-electron chi connectivity index (χ2n) is 8.95. The fourth-order valence-corrected chi connectivity index (χ4v) is 4.13. The third kappa shape index (κ3) is 8.81. The minimum atomic E-state index is -0.408. The summed E-state index contributed by atoms with van der Waals surface area (Å²) in [5, 5.41) is 14.0. The Morgan fingerprint density at radius 3 is 2.58 bits per heavy atom. The third-order valence-electron chi connectivity index (χ3n) is 6.09. The van der Waals surface area contributed by atoms with Crippen LogP contribution in [-0.2, 0) is 20.8 Å². The summed E-state index contributed by atoms with van der Waals surface area (Å²) in [6, 6.07) is 12.3. The van der Waals surface area contributed by atoms with Crippen LogP contribution in [0.25, 0.3) is 22.4 Å². The number of fused-ring (bicyclic) bond motifs is 1. The number of hydrogen-bond acceptors (Lipinski definition) is 7. The van der Waals surface area contributed by atoms with Crippen LogP contribution in [0.2, 0.25) is 0 Å². The number of amides is 1. The van der Waals surface area contributed by atoms with Crippen LogP contribution in [0, 0.1) is 10.1 Å². The summed E-state index contributed by atoms with van der Waals surface area (Å²) in [5.74, 6) is 1.59. The standard InChI is InChI=1S/C28H38N4O6/c1-3-37-19-7-16-29-27(33)9-5-4-6-20-38-24-14-15-25-26(21-24)31(17-8-18-36-2)28(30-25)22-10-12-23(13-11-22)32(34)35/h10-15,21H,3-9,16-20H2,1-2H3,(H,29,33). The van der Waals surface area contributed by atoms with E-state index in [1.165, 1.54) is 12.1 Å². The molecular formula is C28H38N4O6. The Morgan fingerprint density at radius 1 is 1.03 bits per heavy atom. The van der Waals surface area contributed by atoms with Crippen molar-refractivity contribution >= 4 is 22.6 Å². The summed E-state index contributed by atoms with van der Waals surface area (Å²) in [4.78, 5) is 27.3. The average molecular weight is 527 g/mol. The topological polar surface area (TPSA) is 118 Å². The van der Waals surface area contributed by atoms with Crippen molar-refractivity contribution in [3.05, 3.63) is 52.6 Å². The fourth-order valence-electron chi connectivity index (χ4n) is 4.13. The lowest BCUT2D eigenvalue weighted by Crippen LogP contribution is -2.24. The lowest BCUT2D eigenvalue weighted by molar-refractivity contribution is -0.384. The van der Waals surface area contributed by atoms with Gasteiger partial charge in [0.2, 0.25) is 5.91 Å². The van der Waals surface area contributed by atoms with Gasteiger partial charge in [-0.05, 0) is 63.3 Å². The fraction of sp³-hybridized carbons (Fsp3) is 0.500. The van der Waals surface area contributed by atoms with E-state index in [1.54, 1.807) is 19.2 Å². The molecule has 10 nitrogen and oxygen atoms in total. The van der Waals surface area contributed by atoms with E-state index in [2.05, 4.69) is 9.88 Å². The van der Waals surface area contributed by atoms with Crippen molar-refractivity contribution in [3.63, 3.8) is 0 Å². The maximum atomic E-state index is 11.9. The number of nitro groups is 1. The molecule has 0 aliphatic carbocycles. The Bertz CT molecular complexity index is 1160. The zero-order valence-corrected chi connectivity index (χ0v) is 22.3. The van der Waals surface area contributed by atoms with Crippen molar-refractivity contribution in [3.8, 4) is 17.1 Å². The molecule has 1 amide bonds. The molecule has 0 aliphatic rings. The number of ether oxygens (including phenoxy) is 3. The monoisotopic (exact) mass is 526 g/mol. The first kappa shape index (κ1) is 29.1. The quantitative estimate of drug-likeness (QED) is 0.139. The molecule has 1 aromatic heterocycles. The van der Waals surface area contributed by atoms with Crippen molar-refractivity contribution in [2.75, 3.05) is 40.1 Å². The number of carbonyl (C=O) groups excluding carboxylic acids is 1. The molecule has 38 heavy (non-hydrogen) atoms. The Labute approximate surface area is 223 Å². The number of aromatic nitrogens is 2. The number of nitrogens with one attached hydrogen (secondary N) is 1. The molecule has 0 unspecified atom stereocenters. The molecule has 206 valence electrons. The van der Waals surface area contributed by atoms with Crippen LogP contribution in [0.1, 0.15) is 45.4 Å². The number of hydrogen-bond donors (Lipinski definition) is 1. The van der Waals surface area contributed by atoms with E-state index in [9.17, 15) is 14.9 Å². The zero-order valence-electron chi connectivity index (χ0n) is 22.3. The van der Waals surface area contributed by atoms with Gasteiger partial charge in [-0.15, -0.1) is 0 Å². The molecule has 0 saturated carbocycles. The van der Waals surface area contributed by atoms with E-state index in [0.717, 1.165) is 60.3 Å². The SMILES string of the molecule is CCOCCCNC(=O)CCCCCOc1ccc2nc(-c3ccc([N+](=O)[O-])cc3)n(CCCOC)c2c1. The number of carbonyl (C=O) groups is 1. The van der Waals surface area contributed by atoms with E-state index in [-0.39, 0.29) is 11.6 Å². The number of rotatable bonds is 18. The van der Waals surface area contributed by atoms with Crippen molar-refractivity contribution in [1.82, 2.24) is 14.9 Å². The van der Waals surface area contributed by atoms with E-state index in [4.69, 9.17) is 19.2 Å². The Kier molecular flexibility index (Phi) is 12.0. The van der Waals surface area contributed by atoms with Gasteiger partial charge in [-0.25, -0.2) is 4.98 Å². The van der Waals surface area contributed by atoms with Crippen molar-refractivity contribution in [1.29, 1.82) is 0 Å². The summed E-state index contributed by atoms with van der Waals surface area (Å²) in [6.45, 7) is 5.85. The number of non-ortho nitro benzene ring substituents is 1. The van der Waals surface area contributed by atoms with Gasteiger partial charge in [0.15, 0.2) is 0 Å². The molecule has 0 saturated heterocycles. The predicted molar refractivity (Wildman–Crippen MR) is 146 cm³/mol. The van der Waals surface area contributed by atoms with Crippen LogP contribution in [0.4, 0.5) is 5.69 Å². The van der Waals surface area contributed by atoms with Crippen LogP contribution in [0.5, 0.6) is 5.75 Å². The summed E-state index contributed by atoms with van der Waals surface area (Å²) in [6.07, 6.45) is 4.74. The second-order valence-corrected chi connectivity index (χ2v) is 8.95. The molecule has 0 fully saturated rings. The molecule has 10 heteroatoms. The van der Waals surface area contributed by atoms with E-state index in [1.807, 2.05) is 25.1 Å². The molecule has 0 radical (unpaired) electrons. The summed E-state index contributed by atoms with van der Waals surface area (Å²) in [7, 11) is 1.67.